The third-order valence-corrected chi connectivity index (χ3v) is 7.06. The molecule has 3 N–H and O–H groups in total. The SMILES string of the molecule is CC(C)(C)OC(=O)NC12CC3CC(C1)C(Nc1c(C#N)cnc4[nH]ccc14)C(C3)C2. The molecule has 4 aliphatic rings. The minimum Gasteiger partial charge on any atom is -0.444 e. The molecule has 2 unspecified atom stereocenters. The van der Waals surface area contributed by atoms with Gasteiger partial charge in [0.25, 0.3) is 0 Å². The number of anilines is 1. The first-order valence-electron chi connectivity index (χ1n) is 10.9. The monoisotopic (exact) mass is 407 g/mol. The van der Waals surface area contributed by atoms with Crippen LogP contribution in [0.3, 0.4) is 0 Å². The summed E-state index contributed by atoms with van der Waals surface area (Å²) < 4.78 is 5.56. The molecule has 7 nitrogen and oxygen atoms in total. The second-order valence-corrected chi connectivity index (χ2v) is 10.4. The summed E-state index contributed by atoms with van der Waals surface area (Å²) in [6, 6.07) is 4.58. The number of nitrogens with zero attached hydrogens (tertiary/aromatic N) is 2. The molecule has 2 aromatic rings. The summed E-state index contributed by atoms with van der Waals surface area (Å²) in [7, 11) is 0. The van der Waals surface area contributed by atoms with E-state index < -0.39 is 5.60 Å². The molecule has 0 spiro atoms. The van der Waals surface area contributed by atoms with Gasteiger partial charge in [0.15, 0.2) is 0 Å². The highest BCUT2D eigenvalue weighted by atomic mass is 16.6. The van der Waals surface area contributed by atoms with Crippen LogP contribution in [-0.4, -0.2) is 33.2 Å². The quantitative estimate of drug-likeness (QED) is 0.703. The molecule has 0 aromatic carbocycles. The standard InChI is InChI=1S/C23H29N5O2/c1-22(2,3)30-21(29)28-23-8-13-6-14(9-23)18(15(7-13)10-23)27-19-16(11-24)12-26-20-17(19)4-5-25-20/h4-5,12-15,18H,6-10H2,1-3H3,(H,28,29)(H2,25,26,27). The summed E-state index contributed by atoms with van der Waals surface area (Å²) in [5.41, 5.74) is 1.61. The number of aromatic amines is 1. The van der Waals surface area contributed by atoms with Gasteiger partial charge < -0.3 is 20.4 Å². The van der Waals surface area contributed by atoms with Crippen LogP contribution >= 0.6 is 0 Å². The molecule has 0 aliphatic heterocycles. The van der Waals surface area contributed by atoms with Gasteiger partial charge in [0.2, 0.25) is 0 Å². The molecule has 4 fully saturated rings. The molecule has 4 bridgehead atoms. The lowest BCUT2D eigenvalue weighted by Gasteiger charge is -2.60. The van der Waals surface area contributed by atoms with Crippen LogP contribution in [0.1, 0.15) is 58.4 Å². The number of pyridine rings is 1. The number of rotatable bonds is 3. The fourth-order valence-corrected chi connectivity index (χ4v) is 6.35. The summed E-state index contributed by atoms with van der Waals surface area (Å²) >= 11 is 0. The number of hydrogen-bond acceptors (Lipinski definition) is 5. The molecule has 7 heteroatoms. The average Bonchev–Trinajstić information content (AvgIpc) is 3.11. The van der Waals surface area contributed by atoms with Crippen LogP contribution in [0.25, 0.3) is 11.0 Å². The Bertz CT molecular complexity index is 1010. The molecular weight excluding hydrogens is 378 g/mol. The van der Waals surface area contributed by atoms with Crippen molar-refractivity contribution < 1.29 is 9.53 Å². The van der Waals surface area contributed by atoms with Gasteiger partial charge in [-0.2, -0.15) is 5.26 Å². The van der Waals surface area contributed by atoms with E-state index in [1.807, 2.05) is 33.0 Å². The topological polar surface area (TPSA) is 103 Å². The lowest BCUT2D eigenvalue weighted by atomic mass is 9.51. The Balaban J connectivity index is 1.38. The van der Waals surface area contributed by atoms with E-state index in [1.165, 1.54) is 12.8 Å². The fourth-order valence-electron chi connectivity index (χ4n) is 6.35. The van der Waals surface area contributed by atoms with Crippen molar-refractivity contribution in [2.24, 2.45) is 17.8 Å². The number of carbonyl (C=O) groups is 1. The Morgan fingerprint density at radius 1 is 1.30 bits per heavy atom. The highest BCUT2D eigenvalue weighted by molar-refractivity contribution is 5.92. The van der Waals surface area contributed by atoms with Gasteiger partial charge in [-0.15, -0.1) is 0 Å². The number of ether oxygens (including phenoxy) is 1. The highest BCUT2D eigenvalue weighted by Crippen LogP contribution is 2.56. The maximum absolute atomic E-state index is 12.5. The largest absolute Gasteiger partial charge is 0.444 e. The summed E-state index contributed by atoms with van der Waals surface area (Å²) in [4.78, 5) is 20.0. The fraction of sp³-hybridized carbons (Fsp3) is 0.609. The molecule has 30 heavy (non-hydrogen) atoms. The Hall–Kier alpha value is -2.75. The average molecular weight is 408 g/mol. The predicted molar refractivity (Wildman–Crippen MR) is 114 cm³/mol. The third kappa shape index (κ3) is 3.28. The van der Waals surface area contributed by atoms with E-state index >= 15 is 0 Å². The molecule has 2 heterocycles. The number of aromatic nitrogens is 2. The van der Waals surface area contributed by atoms with Crippen LogP contribution in [0, 0.1) is 29.1 Å². The second kappa shape index (κ2) is 6.63. The molecule has 6 rings (SSSR count). The molecule has 0 radical (unpaired) electrons. The van der Waals surface area contributed by atoms with Gasteiger partial charge >= 0.3 is 6.09 Å². The van der Waals surface area contributed by atoms with Crippen LogP contribution in [0.4, 0.5) is 10.5 Å². The van der Waals surface area contributed by atoms with Crippen molar-refractivity contribution in [3.8, 4) is 6.07 Å². The van der Waals surface area contributed by atoms with E-state index in [1.54, 1.807) is 6.20 Å². The van der Waals surface area contributed by atoms with Crippen molar-refractivity contribution in [1.29, 1.82) is 5.26 Å². The molecule has 1 amide bonds. The van der Waals surface area contributed by atoms with E-state index in [0.29, 0.717) is 29.4 Å². The zero-order valence-corrected chi connectivity index (χ0v) is 17.8. The van der Waals surface area contributed by atoms with E-state index in [9.17, 15) is 10.1 Å². The molecule has 0 saturated heterocycles. The summed E-state index contributed by atoms with van der Waals surface area (Å²) in [5.74, 6) is 1.59. The van der Waals surface area contributed by atoms with Crippen LogP contribution in [0.15, 0.2) is 18.5 Å². The number of nitrogens with one attached hydrogen (secondary N) is 3. The first-order chi connectivity index (χ1) is 14.3. The van der Waals surface area contributed by atoms with Crippen molar-refractivity contribution in [2.75, 3.05) is 5.32 Å². The maximum Gasteiger partial charge on any atom is 0.408 e. The number of carbonyl (C=O) groups excluding carboxylic acids is 1. The van der Waals surface area contributed by atoms with Gasteiger partial charge in [0.1, 0.15) is 17.3 Å². The van der Waals surface area contributed by atoms with Crippen molar-refractivity contribution in [3.05, 3.63) is 24.0 Å². The van der Waals surface area contributed by atoms with E-state index in [2.05, 4.69) is 26.7 Å². The van der Waals surface area contributed by atoms with Crippen molar-refractivity contribution >= 4 is 22.8 Å². The van der Waals surface area contributed by atoms with Gasteiger partial charge in [-0.3, -0.25) is 0 Å². The van der Waals surface area contributed by atoms with Gasteiger partial charge in [-0.05, 0) is 76.7 Å². The minimum absolute atomic E-state index is 0.156. The van der Waals surface area contributed by atoms with Crippen LogP contribution in [-0.2, 0) is 4.74 Å². The zero-order valence-electron chi connectivity index (χ0n) is 17.8. The van der Waals surface area contributed by atoms with E-state index in [0.717, 1.165) is 36.0 Å². The molecule has 158 valence electrons. The van der Waals surface area contributed by atoms with Crippen molar-refractivity contribution in [1.82, 2.24) is 15.3 Å². The Morgan fingerprint density at radius 2 is 2.03 bits per heavy atom. The Morgan fingerprint density at radius 3 is 2.70 bits per heavy atom. The molecule has 4 saturated carbocycles. The van der Waals surface area contributed by atoms with E-state index in [4.69, 9.17) is 4.74 Å². The zero-order chi connectivity index (χ0) is 21.1. The van der Waals surface area contributed by atoms with Gasteiger partial charge in [-0.1, -0.05) is 0 Å². The summed E-state index contributed by atoms with van der Waals surface area (Å²) in [6.07, 6.45) is 8.52. The number of nitriles is 1. The molecule has 2 atom stereocenters. The lowest BCUT2D eigenvalue weighted by Crippen LogP contribution is -2.65. The third-order valence-electron chi connectivity index (χ3n) is 7.06. The van der Waals surface area contributed by atoms with Crippen molar-refractivity contribution in [2.45, 2.75) is 70.1 Å². The van der Waals surface area contributed by atoms with Crippen LogP contribution in [0.2, 0.25) is 0 Å². The van der Waals surface area contributed by atoms with E-state index in [-0.39, 0.29) is 11.6 Å². The number of alkyl carbamates (subject to hydrolysis) is 1. The summed E-state index contributed by atoms with van der Waals surface area (Å²) in [5, 5.41) is 17.6. The van der Waals surface area contributed by atoms with Crippen LogP contribution in [0.5, 0.6) is 0 Å². The predicted octanol–water partition coefficient (Wildman–Crippen LogP) is 4.32. The number of fused-ring (bicyclic) bond motifs is 1. The number of hydrogen-bond donors (Lipinski definition) is 3. The molecule has 2 aromatic heterocycles. The molecular formula is C23H29N5O2. The second-order valence-electron chi connectivity index (χ2n) is 10.4. The Labute approximate surface area is 176 Å². The van der Waals surface area contributed by atoms with Gasteiger partial charge in [-0.25, -0.2) is 9.78 Å². The first-order valence-corrected chi connectivity index (χ1v) is 10.9. The highest BCUT2D eigenvalue weighted by Gasteiger charge is 2.56. The summed E-state index contributed by atoms with van der Waals surface area (Å²) in [6.45, 7) is 5.69. The van der Waals surface area contributed by atoms with Gasteiger partial charge in [0.05, 0.1) is 11.3 Å². The first kappa shape index (κ1) is 19.2. The van der Waals surface area contributed by atoms with Crippen molar-refractivity contribution in [3.63, 3.8) is 0 Å². The maximum atomic E-state index is 12.5. The Kier molecular flexibility index (Phi) is 4.25. The molecule has 4 aliphatic carbocycles. The number of amides is 1. The lowest BCUT2D eigenvalue weighted by molar-refractivity contribution is -0.0348. The van der Waals surface area contributed by atoms with Crippen LogP contribution < -0.4 is 10.6 Å². The number of H-pyrrole nitrogens is 1. The minimum atomic E-state index is -0.493. The smallest absolute Gasteiger partial charge is 0.408 e. The van der Waals surface area contributed by atoms with Gasteiger partial charge in [0, 0.05) is 29.4 Å². The normalized spacial score (nSPS) is 32.1.